The lowest BCUT2D eigenvalue weighted by atomic mass is 10.1. The van der Waals surface area contributed by atoms with Gasteiger partial charge >= 0.3 is 0 Å². The molecule has 1 aromatic rings. The zero-order valence-electron chi connectivity index (χ0n) is 15.3. The average molecular weight is 391 g/mol. The van der Waals surface area contributed by atoms with Crippen molar-refractivity contribution in [2.24, 2.45) is 0 Å². The highest BCUT2D eigenvalue weighted by Crippen LogP contribution is 2.39. The second kappa shape index (κ2) is 7.91. The van der Waals surface area contributed by atoms with Gasteiger partial charge < -0.3 is 19.7 Å². The second-order valence-corrected chi connectivity index (χ2v) is 7.27. The predicted molar refractivity (Wildman–Crippen MR) is 103 cm³/mol. The van der Waals surface area contributed by atoms with E-state index in [2.05, 4.69) is 15.5 Å². The van der Waals surface area contributed by atoms with Crippen LogP contribution in [0.3, 0.4) is 0 Å². The average Bonchev–Trinajstić information content (AvgIpc) is 3.20. The van der Waals surface area contributed by atoms with Gasteiger partial charge in [-0.1, -0.05) is 0 Å². The number of amides is 3. The third kappa shape index (κ3) is 4.19. The summed E-state index contributed by atoms with van der Waals surface area (Å²) in [6, 6.07) is 3.69. The molecule has 8 nitrogen and oxygen atoms in total. The number of benzene rings is 1. The summed E-state index contributed by atoms with van der Waals surface area (Å²) in [5.41, 5.74) is 1.59. The number of carbonyl (C=O) groups is 3. The highest BCUT2D eigenvalue weighted by molar-refractivity contribution is 8.18. The fraction of sp³-hybridized carbons (Fsp3) is 0.389. The summed E-state index contributed by atoms with van der Waals surface area (Å²) in [5, 5.41) is 4.80. The van der Waals surface area contributed by atoms with Gasteiger partial charge in [0.15, 0.2) is 11.5 Å². The van der Waals surface area contributed by atoms with E-state index in [0.717, 1.165) is 36.0 Å². The van der Waals surface area contributed by atoms with Gasteiger partial charge in [0.1, 0.15) is 0 Å². The monoisotopic (exact) mass is 391 g/mol. The molecule has 2 aliphatic heterocycles. The molecule has 2 fully saturated rings. The molecule has 144 valence electrons. The fourth-order valence-corrected chi connectivity index (χ4v) is 3.89. The van der Waals surface area contributed by atoms with Crippen LogP contribution in [0.2, 0.25) is 0 Å². The van der Waals surface area contributed by atoms with Crippen LogP contribution in [0.1, 0.15) is 18.9 Å². The topological polar surface area (TPSA) is 97.0 Å². The zero-order chi connectivity index (χ0) is 19.6. The van der Waals surface area contributed by atoms with Crippen molar-refractivity contribution in [1.29, 1.82) is 0 Å². The van der Waals surface area contributed by atoms with Gasteiger partial charge in [-0.2, -0.15) is 0 Å². The molecular formula is C18H21N3O5S. The molecule has 0 radical (unpaired) electrons. The fourth-order valence-electron chi connectivity index (χ4n) is 3.22. The van der Waals surface area contributed by atoms with Gasteiger partial charge in [0.2, 0.25) is 5.91 Å². The standard InChI is InChI=1S/C18H21N3O5S/c1-10(22)19-12-4-5-21(9-12)13-8-15(26-3)14(25-2)6-11(13)7-16-17(23)20-18(24)27-16/h6-8,12H,4-5,9H2,1-3H3,(H,19,22)(H,20,23,24)/b16-7-. The summed E-state index contributed by atoms with van der Waals surface area (Å²) in [4.78, 5) is 37.2. The first-order valence-corrected chi connectivity index (χ1v) is 9.26. The van der Waals surface area contributed by atoms with E-state index in [0.29, 0.717) is 22.9 Å². The van der Waals surface area contributed by atoms with E-state index in [1.807, 2.05) is 6.07 Å². The van der Waals surface area contributed by atoms with Crippen molar-refractivity contribution in [3.8, 4) is 11.5 Å². The van der Waals surface area contributed by atoms with Crippen molar-refractivity contribution < 1.29 is 23.9 Å². The Morgan fingerprint density at radius 2 is 2.00 bits per heavy atom. The molecule has 27 heavy (non-hydrogen) atoms. The Hall–Kier alpha value is -2.68. The number of ether oxygens (including phenoxy) is 2. The van der Waals surface area contributed by atoms with E-state index in [4.69, 9.17) is 9.47 Å². The number of anilines is 1. The third-order valence-electron chi connectivity index (χ3n) is 4.40. The van der Waals surface area contributed by atoms with Gasteiger partial charge in [-0.3, -0.25) is 19.7 Å². The van der Waals surface area contributed by atoms with E-state index in [1.54, 1.807) is 19.3 Å². The van der Waals surface area contributed by atoms with Crippen LogP contribution < -0.4 is 25.0 Å². The van der Waals surface area contributed by atoms with Crippen LogP contribution >= 0.6 is 11.8 Å². The number of nitrogens with zero attached hydrogens (tertiary/aromatic N) is 1. The summed E-state index contributed by atoms with van der Waals surface area (Å²) in [7, 11) is 3.10. The maximum absolute atomic E-state index is 11.9. The van der Waals surface area contributed by atoms with E-state index < -0.39 is 5.91 Å². The predicted octanol–water partition coefficient (Wildman–Crippen LogP) is 1.74. The number of hydrogen-bond acceptors (Lipinski definition) is 7. The molecule has 0 spiro atoms. The second-order valence-electron chi connectivity index (χ2n) is 6.25. The molecule has 3 amide bonds. The van der Waals surface area contributed by atoms with Crippen LogP contribution in [0.25, 0.3) is 6.08 Å². The Labute approximate surface area is 161 Å². The van der Waals surface area contributed by atoms with E-state index in [-0.39, 0.29) is 17.2 Å². The van der Waals surface area contributed by atoms with Crippen molar-refractivity contribution in [2.45, 2.75) is 19.4 Å². The minimum Gasteiger partial charge on any atom is -0.493 e. The molecule has 3 rings (SSSR count). The van der Waals surface area contributed by atoms with E-state index in [9.17, 15) is 14.4 Å². The highest BCUT2D eigenvalue weighted by atomic mass is 32.2. The van der Waals surface area contributed by atoms with E-state index in [1.165, 1.54) is 14.0 Å². The molecule has 1 unspecified atom stereocenters. The minimum absolute atomic E-state index is 0.0573. The molecule has 1 atom stereocenters. The van der Waals surface area contributed by atoms with Gasteiger partial charge in [-0.15, -0.1) is 0 Å². The van der Waals surface area contributed by atoms with Crippen molar-refractivity contribution in [2.75, 3.05) is 32.2 Å². The van der Waals surface area contributed by atoms with E-state index >= 15 is 0 Å². The maximum Gasteiger partial charge on any atom is 0.290 e. The summed E-state index contributed by atoms with van der Waals surface area (Å²) in [6.07, 6.45) is 2.49. The molecule has 0 aliphatic carbocycles. The lowest BCUT2D eigenvalue weighted by Crippen LogP contribution is -2.35. The summed E-state index contributed by atoms with van der Waals surface area (Å²) < 4.78 is 10.8. The summed E-state index contributed by atoms with van der Waals surface area (Å²) >= 11 is 0.866. The number of hydrogen-bond donors (Lipinski definition) is 2. The Kier molecular flexibility index (Phi) is 5.59. The number of methoxy groups -OCH3 is 2. The molecule has 2 saturated heterocycles. The van der Waals surface area contributed by atoms with Crippen LogP contribution in [-0.4, -0.2) is 50.4 Å². The molecule has 0 aromatic heterocycles. The van der Waals surface area contributed by atoms with Crippen LogP contribution in [0.5, 0.6) is 11.5 Å². The van der Waals surface area contributed by atoms with Gasteiger partial charge in [-0.25, -0.2) is 0 Å². The van der Waals surface area contributed by atoms with Crippen molar-refractivity contribution >= 4 is 40.6 Å². The number of nitrogens with one attached hydrogen (secondary N) is 2. The van der Waals surface area contributed by atoms with Gasteiger partial charge in [0.25, 0.3) is 11.1 Å². The molecule has 2 heterocycles. The third-order valence-corrected chi connectivity index (χ3v) is 5.21. The first-order chi connectivity index (χ1) is 12.9. The lowest BCUT2D eigenvalue weighted by molar-refractivity contribution is -0.119. The van der Waals surface area contributed by atoms with Gasteiger partial charge in [-0.05, 0) is 30.3 Å². The van der Waals surface area contributed by atoms with Gasteiger partial charge in [0, 0.05) is 43.4 Å². The number of rotatable bonds is 5. The normalized spacial score (nSPS) is 20.8. The van der Waals surface area contributed by atoms with Crippen molar-refractivity contribution in [1.82, 2.24) is 10.6 Å². The summed E-state index contributed by atoms with van der Waals surface area (Å²) in [5.74, 6) is 0.620. The Bertz CT molecular complexity index is 823. The molecule has 1 aromatic carbocycles. The zero-order valence-corrected chi connectivity index (χ0v) is 16.1. The first-order valence-electron chi connectivity index (χ1n) is 8.44. The molecule has 2 aliphatic rings. The molecule has 2 N–H and O–H groups in total. The minimum atomic E-state index is -0.414. The Balaban J connectivity index is 1.98. The van der Waals surface area contributed by atoms with Gasteiger partial charge in [0.05, 0.1) is 19.1 Å². The SMILES string of the molecule is COc1cc(/C=C2\SC(=O)NC2=O)c(N2CCC(NC(C)=O)C2)cc1OC. The number of carbonyl (C=O) groups excluding carboxylic acids is 3. The summed E-state index contributed by atoms with van der Waals surface area (Å²) in [6.45, 7) is 2.89. The first kappa shape index (κ1) is 19.1. The Morgan fingerprint density at radius 3 is 2.59 bits per heavy atom. The smallest absolute Gasteiger partial charge is 0.290 e. The number of thioether (sulfide) groups is 1. The lowest BCUT2D eigenvalue weighted by Gasteiger charge is -2.23. The quantitative estimate of drug-likeness (QED) is 0.738. The highest BCUT2D eigenvalue weighted by Gasteiger charge is 2.28. The maximum atomic E-state index is 11.9. The van der Waals surface area contributed by atoms with Crippen LogP contribution in [-0.2, 0) is 9.59 Å². The van der Waals surface area contributed by atoms with Crippen molar-refractivity contribution in [3.63, 3.8) is 0 Å². The molecule has 0 saturated carbocycles. The number of imide groups is 1. The molecule has 0 bridgehead atoms. The van der Waals surface area contributed by atoms with Crippen LogP contribution in [0, 0.1) is 0 Å². The molecule has 9 heteroatoms. The molecular weight excluding hydrogens is 370 g/mol. The largest absolute Gasteiger partial charge is 0.493 e. The van der Waals surface area contributed by atoms with Crippen molar-refractivity contribution in [3.05, 3.63) is 22.6 Å². The van der Waals surface area contributed by atoms with Crippen LogP contribution in [0.4, 0.5) is 10.5 Å². The van der Waals surface area contributed by atoms with Crippen LogP contribution in [0.15, 0.2) is 17.0 Å². The Morgan fingerprint density at radius 1 is 1.30 bits per heavy atom.